The number of primary amides is 1. The molecule has 0 bridgehead atoms. The third-order valence-electron chi connectivity index (χ3n) is 5.08. The van der Waals surface area contributed by atoms with Gasteiger partial charge in [0, 0.05) is 26.1 Å². The Balaban J connectivity index is 1.60. The van der Waals surface area contributed by atoms with Crippen molar-refractivity contribution in [2.45, 2.75) is 44.9 Å². The van der Waals surface area contributed by atoms with E-state index in [0.29, 0.717) is 18.9 Å². The van der Waals surface area contributed by atoms with E-state index in [1.165, 1.54) is 12.0 Å². The van der Waals surface area contributed by atoms with Crippen molar-refractivity contribution in [1.29, 1.82) is 0 Å². The lowest BCUT2D eigenvalue weighted by molar-refractivity contribution is -0.132. The standard InChI is InChI=1S/C20H31N3O3/c1-26-18-9-7-16(8-10-18)5-6-17-11-14-23(15-12-17)19(24)4-2-3-13-22-20(21)25/h7-10,17H,2-6,11-15H2,1H3,(H3,21,22,25). The van der Waals surface area contributed by atoms with Crippen molar-refractivity contribution < 1.29 is 14.3 Å². The minimum absolute atomic E-state index is 0.234. The Morgan fingerprint density at radius 1 is 1.19 bits per heavy atom. The van der Waals surface area contributed by atoms with Crippen LogP contribution in [0.3, 0.4) is 0 Å². The molecule has 1 aliphatic heterocycles. The molecule has 1 fully saturated rings. The molecule has 1 aromatic rings. The molecule has 0 saturated carbocycles. The minimum atomic E-state index is -0.506. The van der Waals surface area contributed by atoms with E-state index in [0.717, 1.165) is 50.9 Å². The zero-order valence-corrected chi connectivity index (χ0v) is 15.7. The predicted octanol–water partition coefficient (Wildman–Crippen LogP) is 2.71. The monoisotopic (exact) mass is 361 g/mol. The van der Waals surface area contributed by atoms with Crippen LogP contribution < -0.4 is 15.8 Å². The summed E-state index contributed by atoms with van der Waals surface area (Å²) in [5, 5.41) is 2.55. The van der Waals surface area contributed by atoms with Crippen LogP contribution in [0.25, 0.3) is 0 Å². The number of nitrogens with zero attached hydrogens (tertiary/aromatic N) is 1. The molecule has 1 aliphatic rings. The number of nitrogens with two attached hydrogens (primary N) is 1. The highest BCUT2D eigenvalue weighted by Crippen LogP contribution is 2.23. The van der Waals surface area contributed by atoms with Gasteiger partial charge in [0.2, 0.25) is 5.91 Å². The van der Waals surface area contributed by atoms with Gasteiger partial charge in [0.15, 0.2) is 0 Å². The van der Waals surface area contributed by atoms with Gasteiger partial charge in [-0.2, -0.15) is 0 Å². The number of carbonyl (C=O) groups excluding carboxylic acids is 2. The van der Waals surface area contributed by atoms with Gasteiger partial charge in [-0.3, -0.25) is 4.79 Å². The largest absolute Gasteiger partial charge is 0.497 e. The fourth-order valence-electron chi connectivity index (χ4n) is 3.40. The Kier molecular flexibility index (Phi) is 8.25. The van der Waals surface area contributed by atoms with Crippen LogP contribution in [-0.4, -0.2) is 43.6 Å². The molecule has 3 amide bonds. The van der Waals surface area contributed by atoms with E-state index in [-0.39, 0.29) is 5.91 Å². The maximum Gasteiger partial charge on any atom is 0.312 e. The van der Waals surface area contributed by atoms with Gasteiger partial charge in [-0.15, -0.1) is 0 Å². The second-order valence-corrected chi connectivity index (χ2v) is 6.96. The maximum atomic E-state index is 12.2. The highest BCUT2D eigenvalue weighted by atomic mass is 16.5. The maximum absolute atomic E-state index is 12.2. The summed E-state index contributed by atoms with van der Waals surface area (Å²) in [7, 11) is 1.68. The lowest BCUT2D eigenvalue weighted by atomic mass is 9.90. The Bertz CT molecular complexity index is 566. The number of aryl methyl sites for hydroxylation is 1. The summed E-state index contributed by atoms with van der Waals surface area (Å²) in [6.07, 6.45) is 6.55. The fourth-order valence-corrected chi connectivity index (χ4v) is 3.40. The van der Waals surface area contributed by atoms with E-state index in [4.69, 9.17) is 10.5 Å². The van der Waals surface area contributed by atoms with Gasteiger partial charge in [-0.1, -0.05) is 12.1 Å². The first-order valence-corrected chi connectivity index (χ1v) is 9.52. The molecule has 0 atom stereocenters. The molecule has 3 N–H and O–H groups in total. The summed E-state index contributed by atoms with van der Waals surface area (Å²) in [5.41, 5.74) is 6.35. The van der Waals surface area contributed by atoms with Gasteiger partial charge < -0.3 is 20.7 Å². The number of nitrogens with one attached hydrogen (secondary N) is 1. The molecule has 2 rings (SSSR count). The van der Waals surface area contributed by atoms with Gasteiger partial charge in [-0.05, 0) is 62.1 Å². The summed E-state index contributed by atoms with van der Waals surface area (Å²) in [4.78, 5) is 24.8. The number of hydrogen-bond donors (Lipinski definition) is 2. The highest BCUT2D eigenvalue weighted by molar-refractivity contribution is 5.76. The molecule has 26 heavy (non-hydrogen) atoms. The van der Waals surface area contributed by atoms with Gasteiger partial charge in [0.25, 0.3) is 0 Å². The zero-order valence-electron chi connectivity index (χ0n) is 15.7. The van der Waals surface area contributed by atoms with Gasteiger partial charge in [-0.25, -0.2) is 4.79 Å². The minimum Gasteiger partial charge on any atom is -0.497 e. The van der Waals surface area contributed by atoms with E-state index in [9.17, 15) is 9.59 Å². The summed E-state index contributed by atoms with van der Waals surface area (Å²) < 4.78 is 5.19. The van der Waals surface area contributed by atoms with E-state index in [1.807, 2.05) is 17.0 Å². The molecule has 0 radical (unpaired) electrons. The van der Waals surface area contributed by atoms with Gasteiger partial charge in [0.05, 0.1) is 7.11 Å². The van der Waals surface area contributed by atoms with Crippen molar-refractivity contribution in [1.82, 2.24) is 10.2 Å². The number of piperidine rings is 1. The van der Waals surface area contributed by atoms with Crippen molar-refractivity contribution in [3.05, 3.63) is 29.8 Å². The number of unbranched alkanes of at least 4 members (excludes halogenated alkanes) is 1. The molecule has 6 heteroatoms. The van der Waals surface area contributed by atoms with Crippen LogP contribution in [0, 0.1) is 5.92 Å². The third-order valence-corrected chi connectivity index (χ3v) is 5.08. The molecule has 0 aliphatic carbocycles. The molecular weight excluding hydrogens is 330 g/mol. The summed E-state index contributed by atoms with van der Waals surface area (Å²) in [6.45, 7) is 2.27. The first kappa shape index (κ1) is 20.1. The highest BCUT2D eigenvalue weighted by Gasteiger charge is 2.22. The van der Waals surface area contributed by atoms with Crippen molar-refractivity contribution >= 4 is 11.9 Å². The van der Waals surface area contributed by atoms with Crippen LogP contribution in [0.1, 0.15) is 44.1 Å². The van der Waals surface area contributed by atoms with Crippen molar-refractivity contribution in [3.8, 4) is 5.75 Å². The molecule has 0 spiro atoms. The second-order valence-electron chi connectivity index (χ2n) is 6.96. The number of benzene rings is 1. The van der Waals surface area contributed by atoms with Crippen LogP contribution in [0.15, 0.2) is 24.3 Å². The van der Waals surface area contributed by atoms with Crippen LogP contribution >= 0.6 is 0 Å². The topological polar surface area (TPSA) is 84.7 Å². The molecule has 6 nitrogen and oxygen atoms in total. The smallest absolute Gasteiger partial charge is 0.312 e. The summed E-state index contributed by atoms with van der Waals surface area (Å²) in [5.74, 6) is 1.82. The summed E-state index contributed by atoms with van der Waals surface area (Å²) in [6, 6.07) is 7.77. The SMILES string of the molecule is COc1ccc(CCC2CCN(C(=O)CCCCNC(N)=O)CC2)cc1. The number of likely N-dealkylation sites (tertiary alicyclic amines) is 1. The molecule has 0 aromatic heterocycles. The number of rotatable bonds is 9. The van der Waals surface area contributed by atoms with Gasteiger partial charge >= 0.3 is 6.03 Å². The van der Waals surface area contributed by atoms with Crippen LogP contribution in [-0.2, 0) is 11.2 Å². The average Bonchev–Trinajstić information content (AvgIpc) is 2.66. The third kappa shape index (κ3) is 6.94. The fraction of sp³-hybridized carbons (Fsp3) is 0.600. The van der Waals surface area contributed by atoms with Crippen molar-refractivity contribution in [3.63, 3.8) is 0 Å². The van der Waals surface area contributed by atoms with E-state index < -0.39 is 6.03 Å². The normalized spacial score (nSPS) is 14.9. The van der Waals surface area contributed by atoms with E-state index >= 15 is 0 Å². The average molecular weight is 361 g/mol. The Labute approximate surface area is 156 Å². The first-order valence-electron chi connectivity index (χ1n) is 9.52. The summed E-state index contributed by atoms with van der Waals surface area (Å²) >= 11 is 0. The molecule has 144 valence electrons. The second kappa shape index (κ2) is 10.7. The number of urea groups is 1. The molecule has 1 aromatic carbocycles. The number of hydrogen-bond acceptors (Lipinski definition) is 3. The number of ether oxygens (including phenoxy) is 1. The number of amides is 3. The molecule has 0 unspecified atom stereocenters. The Morgan fingerprint density at radius 2 is 1.88 bits per heavy atom. The van der Waals surface area contributed by atoms with E-state index in [1.54, 1.807) is 7.11 Å². The molecule has 1 heterocycles. The molecular formula is C20H31N3O3. The lowest BCUT2D eigenvalue weighted by Gasteiger charge is -2.32. The van der Waals surface area contributed by atoms with Crippen LogP contribution in [0.5, 0.6) is 5.75 Å². The van der Waals surface area contributed by atoms with Gasteiger partial charge in [0.1, 0.15) is 5.75 Å². The quantitative estimate of drug-likeness (QED) is 0.663. The number of carbonyl (C=O) groups is 2. The van der Waals surface area contributed by atoms with Crippen LogP contribution in [0.2, 0.25) is 0 Å². The van der Waals surface area contributed by atoms with Crippen LogP contribution in [0.4, 0.5) is 4.79 Å². The van der Waals surface area contributed by atoms with E-state index in [2.05, 4.69) is 17.4 Å². The zero-order chi connectivity index (χ0) is 18.8. The predicted molar refractivity (Wildman–Crippen MR) is 102 cm³/mol. The first-order chi connectivity index (χ1) is 12.6. The number of methoxy groups -OCH3 is 1. The van der Waals surface area contributed by atoms with Crippen molar-refractivity contribution in [2.75, 3.05) is 26.7 Å². The lowest BCUT2D eigenvalue weighted by Crippen LogP contribution is -2.38. The molecule has 1 saturated heterocycles. The Morgan fingerprint density at radius 3 is 2.50 bits per heavy atom. The van der Waals surface area contributed by atoms with Crippen molar-refractivity contribution in [2.24, 2.45) is 11.7 Å². The Hall–Kier alpha value is -2.24.